The van der Waals surface area contributed by atoms with Crippen molar-refractivity contribution in [3.8, 4) is 11.8 Å². The van der Waals surface area contributed by atoms with Gasteiger partial charge in [0, 0.05) is 31.6 Å². The van der Waals surface area contributed by atoms with Crippen molar-refractivity contribution in [1.82, 2.24) is 0 Å². The zero-order valence-corrected chi connectivity index (χ0v) is 20.8. The van der Waals surface area contributed by atoms with Crippen LogP contribution in [-0.4, -0.2) is 25.6 Å². The number of hydrogen-bond donors (Lipinski definition) is 0. The van der Waals surface area contributed by atoms with E-state index in [1.807, 2.05) is 37.4 Å². The molecule has 0 fully saturated rings. The number of halogens is 1. The van der Waals surface area contributed by atoms with Crippen molar-refractivity contribution in [2.75, 3.05) is 7.05 Å². The fourth-order valence-electron chi connectivity index (χ4n) is 2.85. The molecular weight excluding hydrogens is 407 g/mol. The molecule has 0 N–H and O–H groups in total. The zero-order valence-electron chi connectivity index (χ0n) is 20.8. The van der Waals surface area contributed by atoms with Crippen LogP contribution in [0.3, 0.4) is 0 Å². The smallest absolute Gasteiger partial charge is 0.113 e. The van der Waals surface area contributed by atoms with Gasteiger partial charge in [-0.25, -0.2) is 4.39 Å². The SMILES string of the molecule is C=CCC(=C\C=C(/C=N/C)C(=C)C(=C)C)/N=C/C1=C(/C=C\C#CC(C)(C)C(C)F)CCC1=C. The van der Waals surface area contributed by atoms with Crippen LogP contribution in [0.1, 0.15) is 47.0 Å². The van der Waals surface area contributed by atoms with E-state index in [1.165, 1.54) is 6.92 Å². The molecule has 0 aromatic carbocycles. The van der Waals surface area contributed by atoms with E-state index in [-0.39, 0.29) is 0 Å². The fraction of sp³-hybridized carbons (Fsp3) is 0.333. The molecule has 0 radical (unpaired) electrons. The molecule has 1 rings (SSSR count). The molecule has 33 heavy (non-hydrogen) atoms. The minimum atomic E-state index is -0.993. The Morgan fingerprint density at radius 3 is 2.52 bits per heavy atom. The highest BCUT2D eigenvalue weighted by atomic mass is 19.1. The molecule has 0 aromatic heterocycles. The van der Waals surface area contributed by atoms with Crippen LogP contribution in [0.2, 0.25) is 0 Å². The average molecular weight is 445 g/mol. The van der Waals surface area contributed by atoms with E-state index in [0.29, 0.717) is 6.42 Å². The van der Waals surface area contributed by atoms with E-state index in [4.69, 9.17) is 4.99 Å². The lowest BCUT2D eigenvalue weighted by molar-refractivity contribution is 0.221. The highest BCUT2D eigenvalue weighted by Crippen LogP contribution is 2.30. The van der Waals surface area contributed by atoms with E-state index < -0.39 is 11.6 Å². The molecule has 3 heteroatoms. The van der Waals surface area contributed by atoms with E-state index in [2.05, 4.69) is 43.1 Å². The average Bonchev–Trinajstić information content (AvgIpc) is 3.10. The second-order valence-corrected chi connectivity index (χ2v) is 8.66. The van der Waals surface area contributed by atoms with E-state index >= 15 is 0 Å². The summed E-state index contributed by atoms with van der Waals surface area (Å²) in [4.78, 5) is 8.82. The first-order chi connectivity index (χ1) is 15.5. The Bertz CT molecular complexity index is 1020. The maximum Gasteiger partial charge on any atom is 0.113 e. The second-order valence-electron chi connectivity index (χ2n) is 8.66. The molecule has 1 aliphatic rings. The summed E-state index contributed by atoms with van der Waals surface area (Å²) in [7, 11) is 1.73. The van der Waals surface area contributed by atoms with Gasteiger partial charge in [-0.15, -0.1) is 6.58 Å². The van der Waals surface area contributed by atoms with E-state index in [0.717, 1.165) is 52.0 Å². The summed E-state index contributed by atoms with van der Waals surface area (Å²) in [5.41, 5.74) is 6.00. The molecular formula is C30H37FN2. The minimum absolute atomic E-state index is 0.621. The molecule has 0 bridgehead atoms. The minimum Gasteiger partial charge on any atom is -0.296 e. The van der Waals surface area contributed by atoms with Gasteiger partial charge >= 0.3 is 0 Å². The van der Waals surface area contributed by atoms with E-state index in [9.17, 15) is 4.39 Å². The molecule has 0 saturated heterocycles. The maximum absolute atomic E-state index is 13.6. The Morgan fingerprint density at radius 1 is 1.24 bits per heavy atom. The molecule has 0 amide bonds. The van der Waals surface area contributed by atoms with Crippen molar-refractivity contribution in [3.63, 3.8) is 0 Å². The lowest BCUT2D eigenvalue weighted by Crippen LogP contribution is -2.20. The molecule has 1 unspecified atom stereocenters. The number of nitrogens with zero attached hydrogens (tertiary/aromatic N) is 2. The zero-order chi connectivity index (χ0) is 25.0. The number of alkyl halides is 1. The van der Waals surface area contributed by atoms with Gasteiger partial charge in [-0.05, 0) is 86.6 Å². The first kappa shape index (κ1) is 27.8. The summed E-state index contributed by atoms with van der Waals surface area (Å²) < 4.78 is 13.6. The number of aliphatic imine (C=N–C) groups is 2. The first-order valence-corrected chi connectivity index (χ1v) is 11.1. The van der Waals surface area contributed by atoms with Gasteiger partial charge in [0.25, 0.3) is 0 Å². The Kier molecular flexibility index (Phi) is 11.2. The fourth-order valence-corrected chi connectivity index (χ4v) is 2.85. The first-order valence-electron chi connectivity index (χ1n) is 11.1. The monoisotopic (exact) mass is 444 g/mol. The predicted octanol–water partition coefficient (Wildman–Crippen LogP) is 7.87. The highest BCUT2D eigenvalue weighted by molar-refractivity contribution is 5.89. The molecule has 0 saturated carbocycles. The van der Waals surface area contributed by atoms with Gasteiger partial charge in [0.2, 0.25) is 0 Å². The van der Waals surface area contributed by atoms with Gasteiger partial charge in [-0.2, -0.15) is 0 Å². The van der Waals surface area contributed by atoms with Crippen LogP contribution >= 0.6 is 0 Å². The third-order valence-electron chi connectivity index (χ3n) is 5.48. The summed E-state index contributed by atoms with van der Waals surface area (Å²) in [6.07, 6.45) is 14.5. The predicted molar refractivity (Wildman–Crippen MR) is 145 cm³/mol. The summed E-state index contributed by atoms with van der Waals surface area (Å²) in [5.74, 6) is 5.97. The largest absolute Gasteiger partial charge is 0.296 e. The molecule has 1 atom stereocenters. The Balaban J connectivity index is 3.23. The third kappa shape index (κ3) is 9.02. The highest BCUT2D eigenvalue weighted by Gasteiger charge is 2.22. The van der Waals surface area contributed by atoms with Crippen molar-refractivity contribution in [1.29, 1.82) is 0 Å². The van der Waals surface area contributed by atoms with E-state index in [1.54, 1.807) is 33.2 Å². The Hall–Kier alpha value is -3.25. The van der Waals surface area contributed by atoms with Gasteiger partial charge in [0.15, 0.2) is 0 Å². The van der Waals surface area contributed by atoms with Crippen molar-refractivity contribution in [2.24, 2.45) is 15.4 Å². The quantitative estimate of drug-likeness (QED) is 0.142. The lowest BCUT2D eigenvalue weighted by Gasteiger charge is -2.18. The maximum atomic E-state index is 13.6. The van der Waals surface area contributed by atoms with Crippen molar-refractivity contribution in [2.45, 2.75) is 53.1 Å². The van der Waals surface area contributed by atoms with Gasteiger partial charge in [0.05, 0.1) is 5.41 Å². The number of hydrogen-bond acceptors (Lipinski definition) is 2. The van der Waals surface area contributed by atoms with Crippen molar-refractivity contribution in [3.05, 3.63) is 95.8 Å². The normalized spacial score (nSPS) is 16.6. The van der Waals surface area contributed by atoms with Crippen LogP contribution in [0.4, 0.5) is 4.39 Å². The van der Waals surface area contributed by atoms with Crippen molar-refractivity contribution >= 4 is 12.4 Å². The second kappa shape index (κ2) is 13.3. The summed E-state index contributed by atoms with van der Waals surface area (Å²) in [6, 6.07) is 0. The van der Waals surface area contributed by atoms with Crippen LogP contribution in [0.15, 0.2) is 106 Å². The summed E-state index contributed by atoms with van der Waals surface area (Å²) in [5, 5.41) is 0. The summed E-state index contributed by atoms with van der Waals surface area (Å²) >= 11 is 0. The molecule has 174 valence electrons. The topological polar surface area (TPSA) is 24.7 Å². The van der Waals surface area contributed by atoms with Gasteiger partial charge < -0.3 is 0 Å². The molecule has 0 spiro atoms. The van der Waals surface area contributed by atoms with Gasteiger partial charge in [-0.3, -0.25) is 9.98 Å². The molecule has 0 aromatic rings. The number of allylic oxidation sites excluding steroid dienone is 11. The molecule has 1 aliphatic carbocycles. The van der Waals surface area contributed by atoms with Gasteiger partial charge in [-0.1, -0.05) is 49.3 Å². The van der Waals surface area contributed by atoms with Crippen LogP contribution in [-0.2, 0) is 0 Å². The van der Waals surface area contributed by atoms with Crippen LogP contribution in [0.5, 0.6) is 0 Å². The Morgan fingerprint density at radius 2 is 1.94 bits per heavy atom. The van der Waals surface area contributed by atoms with Crippen LogP contribution < -0.4 is 0 Å². The van der Waals surface area contributed by atoms with Gasteiger partial charge in [0.1, 0.15) is 6.17 Å². The third-order valence-corrected chi connectivity index (χ3v) is 5.48. The number of rotatable bonds is 10. The van der Waals surface area contributed by atoms with Crippen molar-refractivity contribution < 1.29 is 4.39 Å². The molecule has 0 aliphatic heterocycles. The molecule has 0 heterocycles. The Labute approximate surface area is 200 Å². The molecule has 2 nitrogen and oxygen atoms in total. The summed E-state index contributed by atoms with van der Waals surface area (Å²) in [6.45, 7) is 23.1. The van der Waals surface area contributed by atoms with Crippen LogP contribution in [0.25, 0.3) is 0 Å². The van der Waals surface area contributed by atoms with Crippen LogP contribution in [0, 0.1) is 17.3 Å². The lowest BCUT2D eigenvalue weighted by atomic mass is 9.89. The standard InChI is InChI=1S/C30H37FN2/c1-10-13-28(18-17-27(20-32-9)24(5)22(2)3)33-21-29-23(4)15-16-26(29)14-11-12-19-30(7,8)25(6)31/h10-11,14,17-18,20-21,25H,1-2,4-5,13,15-16H2,3,6-9H3/b14-11-,27-17+,28-18+,32-20+,33-21+.